The first-order valence-electron chi connectivity index (χ1n) is 7.44. The highest BCUT2D eigenvalue weighted by molar-refractivity contribution is 9.10. The van der Waals surface area contributed by atoms with Gasteiger partial charge in [-0.1, -0.05) is 60.2 Å². The summed E-state index contributed by atoms with van der Waals surface area (Å²) in [7, 11) is 0. The summed E-state index contributed by atoms with van der Waals surface area (Å²) in [5.74, 6) is 0. The molecule has 0 saturated heterocycles. The molecule has 1 aromatic carbocycles. The van der Waals surface area contributed by atoms with Crippen molar-refractivity contribution in [2.75, 3.05) is 0 Å². The summed E-state index contributed by atoms with van der Waals surface area (Å²) in [6.45, 7) is 2.02. The third kappa shape index (κ3) is 3.24. The molecule has 0 aliphatic heterocycles. The number of benzene rings is 1. The molecule has 1 aromatic rings. The minimum absolute atomic E-state index is 0.627. The lowest BCUT2D eigenvalue weighted by atomic mass is 9.71. The predicted octanol–water partition coefficient (Wildman–Crippen LogP) is 5.05. The van der Waals surface area contributed by atoms with Crippen LogP contribution in [0, 0.1) is 23.7 Å². The molecule has 1 N–H and O–H groups in total. The normalized spacial score (nSPS) is 20.5. The van der Waals surface area contributed by atoms with E-state index < -0.39 is 11.5 Å². The first-order chi connectivity index (χ1) is 9.59. The summed E-state index contributed by atoms with van der Waals surface area (Å²) in [4.78, 5) is 0. The van der Waals surface area contributed by atoms with Crippen LogP contribution < -0.4 is 0 Å². The van der Waals surface area contributed by atoms with Crippen LogP contribution in [0.15, 0.2) is 22.7 Å². The molecule has 1 fully saturated rings. The maximum atomic E-state index is 10.8. The van der Waals surface area contributed by atoms with Gasteiger partial charge in [-0.15, -0.1) is 0 Å². The molecule has 0 radical (unpaired) electrons. The molecular formula is C17H22BrNO. The van der Waals surface area contributed by atoms with Gasteiger partial charge < -0.3 is 5.11 Å². The highest BCUT2D eigenvalue weighted by Gasteiger charge is 2.39. The van der Waals surface area contributed by atoms with Gasteiger partial charge in [-0.2, -0.15) is 5.26 Å². The van der Waals surface area contributed by atoms with Crippen LogP contribution >= 0.6 is 15.9 Å². The van der Waals surface area contributed by atoms with Gasteiger partial charge in [0.1, 0.15) is 0 Å². The van der Waals surface area contributed by atoms with Crippen molar-refractivity contribution < 1.29 is 5.11 Å². The zero-order chi connectivity index (χ0) is 14.6. The zero-order valence-electron chi connectivity index (χ0n) is 12.0. The predicted molar refractivity (Wildman–Crippen MR) is 84.2 cm³/mol. The van der Waals surface area contributed by atoms with Crippen molar-refractivity contribution in [3.63, 3.8) is 0 Å². The molecule has 0 aromatic heterocycles. The largest absolute Gasteiger partial charge is 0.387 e. The van der Waals surface area contributed by atoms with Crippen molar-refractivity contribution >= 4 is 15.9 Å². The van der Waals surface area contributed by atoms with Crippen molar-refractivity contribution in [1.82, 2.24) is 0 Å². The van der Waals surface area contributed by atoms with Gasteiger partial charge in [0.2, 0.25) is 0 Å². The summed E-state index contributed by atoms with van der Waals surface area (Å²) in [5, 5.41) is 20.5. The second kappa shape index (κ2) is 6.74. The van der Waals surface area contributed by atoms with Crippen LogP contribution in [0.5, 0.6) is 0 Å². The van der Waals surface area contributed by atoms with Gasteiger partial charge in [-0.05, 0) is 37.0 Å². The van der Waals surface area contributed by atoms with Crippen molar-refractivity contribution in [2.24, 2.45) is 5.41 Å². The van der Waals surface area contributed by atoms with E-state index in [1.54, 1.807) is 0 Å². The number of hydrogen-bond donors (Lipinski definition) is 1. The Balaban J connectivity index is 2.31. The van der Waals surface area contributed by atoms with Crippen LogP contribution in [0.4, 0.5) is 0 Å². The molecule has 1 saturated carbocycles. The van der Waals surface area contributed by atoms with Crippen molar-refractivity contribution in [2.45, 2.75) is 58.0 Å². The molecule has 3 heteroatoms. The Morgan fingerprint density at radius 2 is 1.80 bits per heavy atom. The van der Waals surface area contributed by atoms with Crippen molar-refractivity contribution in [1.29, 1.82) is 5.26 Å². The van der Waals surface area contributed by atoms with Gasteiger partial charge in [-0.3, -0.25) is 0 Å². The number of halogens is 1. The van der Waals surface area contributed by atoms with Crippen LogP contribution in [-0.4, -0.2) is 5.11 Å². The Morgan fingerprint density at radius 1 is 1.20 bits per heavy atom. The van der Waals surface area contributed by atoms with Crippen molar-refractivity contribution in [3.05, 3.63) is 33.8 Å². The average molecular weight is 336 g/mol. The molecular weight excluding hydrogens is 314 g/mol. The Kier molecular flexibility index (Phi) is 5.23. The fourth-order valence-corrected chi connectivity index (χ4v) is 3.84. The van der Waals surface area contributed by atoms with Gasteiger partial charge in [0, 0.05) is 4.47 Å². The van der Waals surface area contributed by atoms with Gasteiger partial charge in [0.05, 0.1) is 17.6 Å². The summed E-state index contributed by atoms with van der Waals surface area (Å²) >= 11 is 3.53. The molecule has 1 unspecified atom stereocenters. The number of aliphatic hydroxyl groups excluding tert-OH is 1. The fourth-order valence-electron chi connectivity index (χ4n) is 3.13. The molecule has 1 aliphatic carbocycles. The van der Waals surface area contributed by atoms with E-state index in [1.165, 1.54) is 19.3 Å². The molecule has 0 spiro atoms. The Hall–Kier alpha value is -0.850. The maximum absolute atomic E-state index is 10.8. The third-order valence-electron chi connectivity index (χ3n) is 4.44. The SMILES string of the molecule is Cc1ccc(C(O)C2(C#N)CCCCCCC2)c(Br)c1. The van der Waals surface area contributed by atoms with Crippen LogP contribution in [0.1, 0.15) is 62.2 Å². The number of rotatable bonds is 2. The van der Waals surface area contributed by atoms with Crippen LogP contribution in [0.2, 0.25) is 0 Å². The van der Waals surface area contributed by atoms with Crippen LogP contribution in [0.3, 0.4) is 0 Å². The van der Waals surface area contributed by atoms with Crippen LogP contribution in [-0.2, 0) is 0 Å². The Morgan fingerprint density at radius 3 is 2.35 bits per heavy atom. The fraction of sp³-hybridized carbons (Fsp3) is 0.588. The average Bonchev–Trinajstić information content (AvgIpc) is 2.38. The molecule has 0 heterocycles. The highest BCUT2D eigenvalue weighted by atomic mass is 79.9. The molecule has 0 bridgehead atoms. The van der Waals surface area contributed by atoms with Gasteiger partial charge in [0.25, 0.3) is 0 Å². The standard InChI is InChI=1S/C17H22BrNO/c1-13-7-8-14(15(18)11-13)16(20)17(12-19)9-5-3-2-4-6-10-17/h7-8,11,16,20H,2-6,9-10H2,1H3. The number of nitrogens with zero attached hydrogens (tertiary/aromatic N) is 1. The van der Waals surface area contributed by atoms with Crippen molar-refractivity contribution in [3.8, 4) is 6.07 Å². The first-order valence-corrected chi connectivity index (χ1v) is 8.24. The number of hydrogen-bond acceptors (Lipinski definition) is 2. The lowest BCUT2D eigenvalue weighted by Gasteiger charge is -2.34. The summed E-state index contributed by atoms with van der Waals surface area (Å²) in [5.41, 5.74) is 1.37. The van der Waals surface area contributed by atoms with Gasteiger partial charge in [0.15, 0.2) is 0 Å². The molecule has 1 aliphatic rings. The summed E-state index contributed by atoms with van der Waals surface area (Å²) < 4.78 is 0.904. The van der Waals surface area contributed by atoms with E-state index in [-0.39, 0.29) is 0 Å². The van der Waals surface area contributed by atoms with E-state index in [2.05, 4.69) is 22.0 Å². The minimum Gasteiger partial charge on any atom is -0.387 e. The summed E-state index contributed by atoms with van der Waals surface area (Å²) in [6.07, 6.45) is 6.56. The summed E-state index contributed by atoms with van der Waals surface area (Å²) in [6, 6.07) is 8.40. The number of nitriles is 1. The Bertz CT molecular complexity index is 498. The molecule has 108 valence electrons. The van der Waals surface area contributed by atoms with E-state index >= 15 is 0 Å². The van der Waals surface area contributed by atoms with Crippen LogP contribution in [0.25, 0.3) is 0 Å². The molecule has 2 rings (SSSR count). The first kappa shape index (κ1) is 15.5. The quantitative estimate of drug-likeness (QED) is 0.822. The van der Waals surface area contributed by atoms with E-state index in [9.17, 15) is 10.4 Å². The van der Waals surface area contributed by atoms with Gasteiger partial charge >= 0.3 is 0 Å². The monoisotopic (exact) mass is 335 g/mol. The molecule has 0 amide bonds. The smallest absolute Gasteiger partial charge is 0.0987 e. The van der Waals surface area contributed by atoms with E-state index in [0.717, 1.165) is 41.3 Å². The van der Waals surface area contributed by atoms with Gasteiger partial charge in [-0.25, -0.2) is 0 Å². The topological polar surface area (TPSA) is 44.0 Å². The molecule has 2 nitrogen and oxygen atoms in total. The Labute approximate surface area is 129 Å². The van der Waals surface area contributed by atoms with E-state index in [0.29, 0.717) is 0 Å². The van der Waals surface area contributed by atoms with E-state index in [1.807, 2.05) is 25.1 Å². The molecule has 1 atom stereocenters. The highest BCUT2D eigenvalue weighted by Crippen LogP contribution is 2.45. The molecule has 20 heavy (non-hydrogen) atoms. The third-order valence-corrected chi connectivity index (χ3v) is 5.13. The lowest BCUT2D eigenvalue weighted by Crippen LogP contribution is -2.28. The lowest BCUT2D eigenvalue weighted by molar-refractivity contribution is 0.0429. The number of aryl methyl sites for hydroxylation is 1. The minimum atomic E-state index is -0.708. The second-order valence-corrected chi connectivity index (χ2v) is 6.82. The van der Waals surface area contributed by atoms with E-state index in [4.69, 9.17) is 0 Å². The second-order valence-electron chi connectivity index (χ2n) is 5.96. The number of aliphatic hydroxyl groups is 1. The maximum Gasteiger partial charge on any atom is 0.0987 e. The zero-order valence-corrected chi connectivity index (χ0v) is 13.6.